The van der Waals surface area contributed by atoms with Crippen molar-refractivity contribution in [3.05, 3.63) is 12.7 Å². The van der Waals surface area contributed by atoms with Crippen molar-refractivity contribution in [1.29, 1.82) is 0 Å². The molecule has 8 unspecified atom stereocenters. The van der Waals surface area contributed by atoms with Crippen molar-refractivity contribution in [2.45, 2.75) is 137 Å². The van der Waals surface area contributed by atoms with Crippen LogP contribution >= 0.6 is 37.0 Å². The maximum atomic E-state index is 13.2. The first-order valence-electron chi connectivity index (χ1n) is 19.5. The number of carboxylic acid groups (broad SMARTS) is 2. The summed E-state index contributed by atoms with van der Waals surface area (Å²) in [6.07, 6.45) is -35.8. The van der Waals surface area contributed by atoms with E-state index in [9.17, 15) is 54.9 Å². The van der Waals surface area contributed by atoms with Crippen LogP contribution in [0.2, 0.25) is 0 Å². The summed E-state index contributed by atoms with van der Waals surface area (Å²) < 4.78 is 75.6. The predicted octanol–water partition coefficient (Wildman–Crippen LogP) is -4.61. The molecule has 4 saturated heterocycles. The van der Waals surface area contributed by atoms with Gasteiger partial charge in [0.15, 0.2) is 92.7 Å². The van der Waals surface area contributed by atoms with Crippen molar-refractivity contribution in [3.63, 3.8) is 0 Å². The molecule has 4 fully saturated rings. The summed E-state index contributed by atoms with van der Waals surface area (Å²) in [6.45, 7) is 3.27. The van der Waals surface area contributed by atoms with Gasteiger partial charge in [-0.15, -0.1) is 19.6 Å². The van der Waals surface area contributed by atoms with E-state index >= 15 is 0 Å². The van der Waals surface area contributed by atoms with E-state index in [1.807, 2.05) is 0 Å². The van der Waals surface area contributed by atoms with E-state index in [4.69, 9.17) is 71.5 Å². The minimum absolute atomic E-state index is 0.204. The van der Waals surface area contributed by atoms with Gasteiger partial charge in [-0.1, -0.05) is 26.2 Å². The molecule has 0 bridgehead atoms. The highest BCUT2D eigenvalue weighted by Crippen LogP contribution is 2.39. The molecule has 0 aromatic rings. The Morgan fingerprint density at radius 3 is 1.41 bits per heavy atom. The first-order valence-corrected chi connectivity index (χ1v) is 21.5. The SMILES string of the molecule is C=CCO[C@@H]1OC(CO)[C@H](O)[C@H](O[C@@H]2OC(C(=O)O)[C@@H](O[C@@H]3OC(CO)[C@H](O)[C@H](O[C@@H]4OC(C(=O)O)[C@@H](O)[C@H](OOO)C4OSOOO)C3NC(C)=O)[C@H](OSOOO)C2OSOOO)C1NC(C)=O. The van der Waals surface area contributed by atoms with Crippen molar-refractivity contribution >= 4 is 60.7 Å². The molecule has 4 heterocycles. The summed E-state index contributed by atoms with van der Waals surface area (Å²) in [5.41, 5.74) is 0. The average molecular weight is 1090 g/mol. The highest BCUT2D eigenvalue weighted by molar-refractivity contribution is 7.90. The molecule has 4 aliphatic rings. The summed E-state index contributed by atoms with van der Waals surface area (Å²) in [4.78, 5) is 55.2. The third-order valence-corrected chi connectivity index (χ3v) is 11.2. The van der Waals surface area contributed by atoms with E-state index in [0.717, 1.165) is 13.8 Å². The fraction of sp³-hybridized carbons (Fsp3) is 0.806. The van der Waals surface area contributed by atoms with E-state index in [0.29, 0.717) is 0 Å². The molecule has 0 aliphatic carbocycles. The van der Waals surface area contributed by atoms with E-state index in [1.165, 1.54) is 6.08 Å². The van der Waals surface area contributed by atoms with Gasteiger partial charge in [0.05, 0.1) is 19.8 Å². The number of rotatable bonds is 29. The lowest BCUT2D eigenvalue weighted by Crippen LogP contribution is -2.71. The monoisotopic (exact) mass is 1090 g/mol. The fourth-order valence-electron chi connectivity index (χ4n) is 7.22. The number of hydrogen-bond donors (Lipinski definition) is 13. The van der Waals surface area contributed by atoms with Crippen LogP contribution < -0.4 is 10.6 Å². The molecule has 0 saturated carbocycles. The Kier molecular flexibility index (Phi) is 25.8. The highest BCUT2D eigenvalue weighted by atomic mass is 32.2. The summed E-state index contributed by atoms with van der Waals surface area (Å²) in [6, 6.07) is -3.48. The van der Waals surface area contributed by atoms with Crippen LogP contribution in [0, 0.1) is 0 Å². The van der Waals surface area contributed by atoms with Crippen LogP contribution in [0.15, 0.2) is 12.7 Å². The number of hydrogen-bond acceptors (Lipinski definition) is 35. The topological polar surface area (TPSA) is 490 Å². The number of carbonyl (C=O) groups excluding carboxylic acids is 2. The molecule has 0 aromatic carbocycles. The molecule has 0 aromatic heterocycles. The number of nitrogens with one attached hydrogen (secondary N) is 2. The number of aliphatic hydroxyl groups excluding tert-OH is 5. The van der Waals surface area contributed by atoms with Crippen molar-refractivity contribution in [2.75, 3.05) is 19.8 Å². The first kappa shape index (κ1) is 60.1. The number of aliphatic hydroxyl groups is 5. The predicted molar refractivity (Wildman–Crippen MR) is 208 cm³/mol. The number of carbonyl (C=O) groups is 4. The molecule has 404 valence electrons. The molecule has 4 aliphatic heterocycles. The second-order valence-electron chi connectivity index (χ2n) is 14.3. The van der Waals surface area contributed by atoms with Gasteiger partial charge in [0.25, 0.3) is 0 Å². The molecular weight excluding hydrogens is 1040 g/mol. The molecular formula is C31H48N2O34S3. The standard InChI is InChI=1S/C31H48N2O34S3/c1-4-5-49-28-12(32-8(2)36)17(14(38)10(6-34)50-28)52-31-25(60-70-67-64-48)22(58-68-65-62-46)21(23(56-31)27(43)44)55-29-13(33-9(3)37)18(15(39)11(7-35)51-29)53-30-24(59-69-66-63-47)19(57-61-45)16(40)20(54-30)26(41)42/h4,10-25,28-31,34-35,38-40,45-48H,1,5-7H2,2-3H3,(H,32,36)(H,33,37)(H,41,42)(H,43,44)/t10?,11?,12?,13?,14-,15-,16-,17+,18+,19-,20?,21-,22-,23?,24?,25?,28+,29-,30+,31+/m0/s1. The Hall–Kier alpha value is -2.45. The van der Waals surface area contributed by atoms with E-state index in [2.05, 4.69) is 55.3 Å². The number of aliphatic carboxylic acids is 2. The minimum atomic E-state index is -2.43. The van der Waals surface area contributed by atoms with Crippen molar-refractivity contribution in [1.82, 2.24) is 10.6 Å². The quantitative estimate of drug-likeness (QED) is 0.0110. The zero-order chi connectivity index (χ0) is 51.7. The third-order valence-electron chi connectivity index (χ3n) is 9.98. The van der Waals surface area contributed by atoms with Gasteiger partial charge in [0.2, 0.25) is 11.8 Å². The normalized spacial score (nSPS) is 37.9. The van der Waals surface area contributed by atoms with Crippen molar-refractivity contribution in [2.24, 2.45) is 0 Å². The summed E-state index contributed by atoms with van der Waals surface area (Å²) >= 11 is -0.661. The van der Waals surface area contributed by atoms with Crippen LogP contribution in [-0.4, -0.2) is 223 Å². The first-order chi connectivity index (χ1) is 33.5. The smallest absolute Gasteiger partial charge is 0.335 e. The Morgan fingerprint density at radius 2 is 0.986 bits per heavy atom. The van der Waals surface area contributed by atoms with E-state index < -0.39 is 160 Å². The summed E-state index contributed by atoms with van der Waals surface area (Å²) in [5.74, 6) is -5.53. The fourth-order valence-corrected chi connectivity index (χ4v) is 8.29. The second-order valence-corrected chi connectivity index (χ2v) is 15.7. The van der Waals surface area contributed by atoms with Crippen LogP contribution in [0.3, 0.4) is 0 Å². The molecule has 70 heavy (non-hydrogen) atoms. The maximum absolute atomic E-state index is 13.2. The zero-order valence-electron chi connectivity index (χ0n) is 35.5. The zero-order valence-corrected chi connectivity index (χ0v) is 37.9. The van der Waals surface area contributed by atoms with Gasteiger partial charge in [-0.3, -0.25) is 22.1 Å². The largest absolute Gasteiger partial charge is 0.479 e. The molecule has 0 spiro atoms. The van der Waals surface area contributed by atoms with Crippen LogP contribution in [0.25, 0.3) is 0 Å². The lowest BCUT2D eigenvalue weighted by atomic mass is 9.94. The lowest BCUT2D eigenvalue weighted by Gasteiger charge is -2.50. The number of amides is 2. The van der Waals surface area contributed by atoms with Gasteiger partial charge in [-0.25, -0.2) is 30.6 Å². The minimum Gasteiger partial charge on any atom is -0.479 e. The van der Waals surface area contributed by atoms with Gasteiger partial charge in [-0.2, -0.15) is 4.89 Å². The van der Waals surface area contributed by atoms with Crippen LogP contribution in [0.1, 0.15) is 13.8 Å². The average Bonchev–Trinajstić information content (AvgIpc) is 3.31. The Balaban J connectivity index is 1.83. The van der Waals surface area contributed by atoms with Crippen molar-refractivity contribution in [3.8, 4) is 0 Å². The Labute approximate surface area is 404 Å². The summed E-state index contributed by atoms with van der Waals surface area (Å²) in [7, 11) is 0. The number of ether oxygens (including phenoxy) is 8. The van der Waals surface area contributed by atoms with E-state index in [-0.39, 0.29) is 43.6 Å². The molecule has 20 atom stereocenters. The van der Waals surface area contributed by atoms with Crippen LogP contribution in [-0.2, 0) is 108 Å². The molecule has 4 rings (SSSR count). The summed E-state index contributed by atoms with van der Waals surface area (Å²) in [5, 5.41) is 129. The second kappa shape index (κ2) is 30.0. The Morgan fingerprint density at radius 1 is 0.557 bits per heavy atom. The van der Waals surface area contributed by atoms with Crippen LogP contribution in [0.4, 0.5) is 0 Å². The van der Waals surface area contributed by atoms with Gasteiger partial charge in [0, 0.05) is 13.8 Å². The highest BCUT2D eigenvalue weighted by Gasteiger charge is 2.60. The molecule has 0 radical (unpaired) electrons. The van der Waals surface area contributed by atoms with Crippen molar-refractivity contribution < 1.29 is 164 Å². The van der Waals surface area contributed by atoms with E-state index in [1.54, 1.807) is 0 Å². The lowest BCUT2D eigenvalue weighted by molar-refractivity contribution is -0.525. The molecule has 2 amide bonds. The third kappa shape index (κ3) is 15.8. The van der Waals surface area contributed by atoms with Crippen LogP contribution in [0.5, 0.6) is 0 Å². The Bertz CT molecular complexity index is 1640. The van der Waals surface area contributed by atoms with Gasteiger partial charge in [-0.05, 0) is 0 Å². The van der Waals surface area contributed by atoms with Gasteiger partial charge < -0.3 is 84.3 Å². The molecule has 13 N–H and O–H groups in total. The number of carboxylic acids is 2. The molecule has 36 nitrogen and oxygen atoms in total. The molecule has 39 heteroatoms. The maximum Gasteiger partial charge on any atom is 0.335 e. The van der Waals surface area contributed by atoms with Gasteiger partial charge >= 0.3 is 11.9 Å². The van der Waals surface area contributed by atoms with Gasteiger partial charge in [0.1, 0.15) is 67.0 Å².